The van der Waals surface area contributed by atoms with Gasteiger partial charge >= 0.3 is 0 Å². The topological polar surface area (TPSA) is 75.5 Å². The number of piperidine rings is 3. The number of halogens is 2. The van der Waals surface area contributed by atoms with Crippen LogP contribution in [0.15, 0.2) is 18.2 Å². The van der Waals surface area contributed by atoms with Crippen molar-refractivity contribution in [3.05, 3.63) is 38.2 Å². The fraction of sp³-hybridized carbons (Fsp3) is 0.438. The van der Waals surface area contributed by atoms with Crippen LogP contribution in [0.25, 0.3) is 10.1 Å². The van der Waals surface area contributed by atoms with Gasteiger partial charge in [-0.3, -0.25) is 14.9 Å². The van der Waals surface area contributed by atoms with E-state index in [0.29, 0.717) is 25.9 Å². The van der Waals surface area contributed by atoms with Crippen LogP contribution in [-0.2, 0) is 0 Å². The number of carbonyl (C=O) groups excluding carboxylic acids is 1. The molecule has 0 spiro atoms. The van der Waals surface area contributed by atoms with Crippen molar-refractivity contribution in [2.45, 2.75) is 18.9 Å². The molecule has 1 aromatic heterocycles. The summed E-state index contributed by atoms with van der Waals surface area (Å²) in [6.45, 7) is 3.12. The normalized spacial score (nSPS) is 24.8. The molecular weight excluding hydrogens is 385 g/mol. The summed E-state index contributed by atoms with van der Waals surface area (Å²) in [4.78, 5) is 25.9. The summed E-state index contributed by atoms with van der Waals surface area (Å²) in [7, 11) is 0. The van der Waals surface area contributed by atoms with E-state index in [1.165, 1.54) is 23.5 Å². The highest BCUT2D eigenvalue weighted by molar-refractivity contribution is 7.21. The molecule has 0 radical (unpaired) electrons. The molecular formula is C16H17Cl2N3O3S. The Morgan fingerprint density at radius 1 is 1.36 bits per heavy atom. The number of benzene rings is 1. The molecule has 9 heteroatoms. The van der Waals surface area contributed by atoms with Crippen molar-refractivity contribution >= 4 is 57.0 Å². The SMILES string of the molecule is Cl.O=C(N[C@H]1CN2CCC1CC2)c1sc2cc([N+](=O)[O-])ccc2c1Cl. The number of carbonyl (C=O) groups is 1. The molecule has 2 bridgehead atoms. The quantitative estimate of drug-likeness (QED) is 0.628. The molecule has 0 aliphatic carbocycles. The Bertz CT molecular complexity index is 833. The number of rotatable bonds is 3. The van der Waals surface area contributed by atoms with Crippen molar-refractivity contribution in [3.8, 4) is 0 Å². The number of amides is 1. The molecule has 3 fully saturated rings. The molecule has 6 nitrogen and oxygen atoms in total. The van der Waals surface area contributed by atoms with Gasteiger partial charge in [-0.25, -0.2) is 0 Å². The molecule has 0 unspecified atom stereocenters. The lowest BCUT2D eigenvalue weighted by molar-refractivity contribution is -0.384. The number of nitrogens with zero attached hydrogens (tertiary/aromatic N) is 2. The van der Waals surface area contributed by atoms with Gasteiger partial charge in [0, 0.05) is 34.8 Å². The van der Waals surface area contributed by atoms with E-state index in [1.54, 1.807) is 6.07 Å². The molecule has 4 heterocycles. The van der Waals surface area contributed by atoms with Crippen LogP contribution in [-0.4, -0.2) is 41.4 Å². The number of thiophene rings is 1. The first kappa shape index (κ1) is 18.4. The van der Waals surface area contributed by atoms with Crippen LogP contribution in [0.4, 0.5) is 5.69 Å². The second-order valence-corrected chi connectivity index (χ2v) is 7.83. The van der Waals surface area contributed by atoms with Crippen LogP contribution in [0, 0.1) is 16.0 Å². The molecule has 1 aromatic carbocycles. The van der Waals surface area contributed by atoms with Crippen LogP contribution in [0.3, 0.4) is 0 Å². The minimum absolute atomic E-state index is 0. The van der Waals surface area contributed by atoms with Gasteiger partial charge in [0.15, 0.2) is 0 Å². The predicted octanol–water partition coefficient (Wildman–Crippen LogP) is 3.71. The van der Waals surface area contributed by atoms with Crippen molar-refractivity contribution in [1.82, 2.24) is 10.2 Å². The molecule has 3 aliphatic heterocycles. The second-order valence-electron chi connectivity index (χ2n) is 6.40. The highest BCUT2D eigenvalue weighted by Gasteiger charge is 2.35. The number of hydrogen-bond donors (Lipinski definition) is 1. The molecule has 3 aliphatic rings. The molecule has 1 atom stereocenters. The molecule has 2 aromatic rings. The average molecular weight is 402 g/mol. The summed E-state index contributed by atoms with van der Waals surface area (Å²) in [6, 6.07) is 4.65. The van der Waals surface area contributed by atoms with E-state index in [-0.39, 0.29) is 30.0 Å². The smallest absolute Gasteiger partial charge is 0.270 e. The number of non-ortho nitro benzene ring substituents is 1. The van der Waals surface area contributed by atoms with Gasteiger partial charge in [-0.05, 0) is 37.9 Å². The minimum Gasteiger partial charge on any atom is -0.347 e. The molecule has 25 heavy (non-hydrogen) atoms. The lowest BCUT2D eigenvalue weighted by Gasteiger charge is -2.44. The Morgan fingerprint density at radius 2 is 2.08 bits per heavy atom. The molecule has 1 N–H and O–H groups in total. The van der Waals surface area contributed by atoms with Crippen LogP contribution >= 0.6 is 35.3 Å². The lowest BCUT2D eigenvalue weighted by atomic mass is 9.84. The summed E-state index contributed by atoms with van der Waals surface area (Å²) < 4.78 is 0.660. The summed E-state index contributed by atoms with van der Waals surface area (Å²) in [6.07, 6.45) is 2.24. The van der Waals surface area contributed by atoms with Gasteiger partial charge in [-0.15, -0.1) is 23.7 Å². The van der Waals surface area contributed by atoms with Crippen molar-refractivity contribution in [2.75, 3.05) is 19.6 Å². The maximum absolute atomic E-state index is 12.7. The average Bonchev–Trinajstić information content (AvgIpc) is 2.92. The monoisotopic (exact) mass is 401 g/mol. The van der Waals surface area contributed by atoms with Crippen molar-refractivity contribution in [1.29, 1.82) is 0 Å². The maximum Gasteiger partial charge on any atom is 0.270 e. The van der Waals surface area contributed by atoms with Crippen LogP contribution in [0.1, 0.15) is 22.5 Å². The molecule has 1 amide bonds. The largest absolute Gasteiger partial charge is 0.347 e. The van der Waals surface area contributed by atoms with Crippen LogP contribution in [0.2, 0.25) is 5.02 Å². The van der Waals surface area contributed by atoms with Crippen molar-refractivity contribution in [2.24, 2.45) is 5.92 Å². The fourth-order valence-electron chi connectivity index (χ4n) is 3.68. The first-order valence-corrected chi connectivity index (χ1v) is 9.12. The maximum atomic E-state index is 12.7. The Kier molecular flexibility index (Phi) is 5.20. The first-order chi connectivity index (χ1) is 11.5. The van der Waals surface area contributed by atoms with Crippen molar-refractivity contribution < 1.29 is 9.72 Å². The van der Waals surface area contributed by atoms with E-state index in [2.05, 4.69) is 10.2 Å². The Labute approximate surface area is 159 Å². The summed E-state index contributed by atoms with van der Waals surface area (Å²) in [5.74, 6) is 0.357. The van der Waals surface area contributed by atoms with E-state index in [4.69, 9.17) is 11.6 Å². The highest BCUT2D eigenvalue weighted by Crippen LogP contribution is 2.37. The van der Waals surface area contributed by atoms with Gasteiger partial charge in [-0.2, -0.15) is 0 Å². The summed E-state index contributed by atoms with van der Waals surface area (Å²) in [5.41, 5.74) is 0.00441. The van der Waals surface area contributed by atoms with Crippen LogP contribution < -0.4 is 5.32 Å². The lowest BCUT2D eigenvalue weighted by Crippen LogP contribution is -2.57. The predicted molar refractivity (Wildman–Crippen MR) is 101 cm³/mol. The number of nitrogens with one attached hydrogen (secondary N) is 1. The van der Waals surface area contributed by atoms with E-state index >= 15 is 0 Å². The summed E-state index contributed by atoms with van der Waals surface area (Å²) in [5, 5.41) is 15.1. The molecule has 3 saturated heterocycles. The Hall–Kier alpha value is -1.41. The van der Waals surface area contributed by atoms with E-state index in [0.717, 1.165) is 32.5 Å². The number of nitro benzene ring substituents is 1. The highest BCUT2D eigenvalue weighted by atomic mass is 35.5. The third-order valence-corrected chi connectivity index (χ3v) is 6.66. The number of hydrogen-bond acceptors (Lipinski definition) is 5. The number of fused-ring (bicyclic) bond motifs is 4. The van der Waals surface area contributed by atoms with Crippen LogP contribution in [0.5, 0.6) is 0 Å². The van der Waals surface area contributed by atoms with Gasteiger partial charge in [0.05, 0.1) is 9.95 Å². The molecule has 0 saturated carbocycles. The Balaban J connectivity index is 0.00000182. The summed E-state index contributed by atoms with van der Waals surface area (Å²) >= 11 is 7.56. The number of nitro groups is 1. The molecule has 5 rings (SSSR count). The zero-order valence-corrected chi connectivity index (χ0v) is 15.6. The van der Waals surface area contributed by atoms with Gasteiger partial charge in [0.2, 0.25) is 0 Å². The molecule has 134 valence electrons. The van der Waals surface area contributed by atoms with Crippen molar-refractivity contribution in [3.63, 3.8) is 0 Å². The van der Waals surface area contributed by atoms with Gasteiger partial charge in [0.1, 0.15) is 4.88 Å². The first-order valence-electron chi connectivity index (χ1n) is 7.92. The third-order valence-electron chi connectivity index (χ3n) is 5.00. The standard InChI is InChI=1S/C16H16ClN3O3S.ClH/c17-14-11-2-1-10(20(22)23)7-13(11)24-15(14)16(21)18-12-8-19-5-3-9(12)4-6-19;/h1-2,7,9,12H,3-6,8H2,(H,18,21);1H/t12-;/m0./s1. The third kappa shape index (κ3) is 3.33. The van der Waals surface area contributed by atoms with Gasteiger partial charge in [-0.1, -0.05) is 11.6 Å². The fourth-order valence-corrected chi connectivity index (χ4v) is 5.13. The van der Waals surface area contributed by atoms with Gasteiger partial charge in [0.25, 0.3) is 11.6 Å². The second kappa shape index (κ2) is 7.07. The Morgan fingerprint density at radius 3 is 2.68 bits per heavy atom. The van der Waals surface area contributed by atoms with E-state index in [1.807, 2.05) is 0 Å². The van der Waals surface area contributed by atoms with E-state index < -0.39 is 4.92 Å². The van der Waals surface area contributed by atoms with E-state index in [9.17, 15) is 14.9 Å². The zero-order valence-electron chi connectivity index (χ0n) is 13.2. The minimum atomic E-state index is -0.444. The van der Waals surface area contributed by atoms with Gasteiger partial charge < -0.3 is 10.2 Å². The zero-order chi connectivity index (χ0) is 16.8.